The Morgan fingerprint density at radius 2 is 2.17 bits per heavy atom. The minimum Gasteiger partial charge on any atom is -0.375 e. The largest absolute Gasteiger partial charge is 0.375 e. The zero-order chi connectivity index (χ0) is 13.1. The third-order valence-electron chi connectivity index (χ3n) is 2.54. The van der Waals surface area contributed by atoms with Gasteiger partial charge in [-0.2, -0.15) is 0 Å². The predicted octanol–water partition coefficient (Wildman–Crippen LogP) is -0.666. The van der Waals surface area contributed by atoms with E-state index in [0.717, 1.165) is 6.26 Å². The number of sulfone groups is 1. The van der Waals surface area contributed by atoms with Gasteiger partial charge in [0.2, 0.25) is 5.91 Å². The molecule has 1 aliphatic heterocycles. The Hall–Kier alpha value is -0.370. The SMILES string of the molecule is CC(CS(C)(=O)=O)NC(=O)[C@H]1NCCO[C@@H]1C.Cl. The number of carbonyl (C=O) groups is 1. The highest BCUT2D eigenvalue weighted by Gasteiger charge is 2.29. The molecule has 0 radical (unpaired) electrons. The third-order valence-corrected chi connectivity index (χ3v) is 3.65. The van der Waals surface area contributed by atoms with Crippen molar-refractivity contribution in [3.8, 4) is 0 Å². The average molecular weight is 301 g/mol. The Morgan fingerprint density at radius 1 is 1.56 bits per heavy atom. The topological polar surface area (TPSA) is 84.5 Å². The van der Waals surface area contributed by atoms with E-state index in [-0.39, 0.29) is 30.2 Å². The standard InChI is InChI=1S/C10H20N2O4S.ClH/c1-7(6-17(3,14)15)12-10(13)9-8(2)16-5-4-11-9;/h7-9,11H,4-6H2,1-3H3,(H,12,13);1H/t7?,8-,9+;/m1./s1. The van der Waals surface area contributed by atoms with Crippen molar-refractivity contribution in [3.05, 3.63) is 0 Å². The predicted molar refractivity (Wildman–Crippen MR) is 71.8 cm³/mol. The Kier molecular flexibility index (Phi) is 7.13. The molecule has 0 saturated carbocycles. The molecule has 0 aromatic rings. The van der Waals surface area contributed by atoms with E-state index < -0.39 is 21.9 Å². The molecule has 0 bridgehead atoms. The molecule has 1 unspecified atom stereocenters. The van der Waals surface area contributed by atoms with Crippen molar-refractivity contribution in [2.24, 2.45) is 0 Å². The molecule has 1 amide bonds. The van der Waals surface area contributed by atoms with Gasteiger partial charge in [0.1, 0.15) is 15.9 Å². The highest BCUT2D eigenvalue weighted by atomic mass is 35.5. The lowest BCUT2D eigenvalue weighted by Gasteiger charge is -2.30. The van der Waals surface area contributed by atoms with Crippen LogP contribution in [0.2, 0.25) is 0 Å². The molecule has 1 fully saturated rings. The lowest BCUT2D eigenvalue weighted by molar-refractivity contribution is -0.129. The molecule has 0 spiro atoms. The summed E-state index contributed by atoms with van der Waals surface area (Å²) in [6, 6.07) is -0.806. The summed E-state index contributed by atoms with van der Waals surface area (Å²) in [4.78, 5) is 11.9. The molecule has 1 rings (SSSR count). The molecule has 8 heteroatoms. The number of halogens is 1. The zero-order valence-corrected chi connectivity index (χ0v) is 12.4. The van der Waals surface area contributed by atoms with Gasteiger partial charge in [0.05, 0.1) is 18.5 Å². The number of nitrogens with one attached hydrogen (secondary N) is 2. The number of amides is 1. The second kappa shape index (κ2) is 7.28. The average Bonchev–Trinajstić information content (AvgIpc) is 2.14. The molecule has 2 N–H and O–H groups in total. The van der Waals surface area contributed by atoms with Crippen molar-refractivity contribution < 1.29 is 17.9 Å². The van der Waals surface area contributed by atoms with Crippen molar-refractivity contribution >= 4 is 28.2 Å². The Balaban J connectivity index is 0.00000289. The molecule has 1 heterocycles. The van der Waals surface area contributed by atoms with Gasteiger partial charge in [0.15, 0.2) is 0 Å². The highest BCUT2D eigenvalue weighted by molar-refractivity contribution is 7.90. The summed E-state index contributed by atoms with van der Waals surface area (Å²) in [5.41, 5.74) is 0. The normalized spacial score (nSPS) is 25.9. The van der Waals surface area contributed by atoms with Gasteiger partial charge in [-0.15, -0.1) is 12.4 Å². The third kappa shape index (κ3) is 5.99. The smallest absolute Gasteiger partial charge is 0.240 e. The van der Waals surface area contributed by atoms with E-state index in [2.05, 4.69) is 10.6 Å². The van der Waals surface area contributed by atoms with Crippen LogP contribution in [0, 0.1) is 0 Å². The van der Waals surface area contributed by atoms with Gasteiger partial charge in [0, 0.05) is 18.8 Å². The van der Waals surface area contributed by atoms with E-state index in [1.54, 1.807) is 6.92 Å². The molecule has 0 aromatic heterocycles. The number of rotatable bonds is 4. The molecule has 1 saturated heterocycles. The first-order chi connectivity index (χ1) is 7.79. The van der Waals surface area contributed by atoms with E-state index in [1.807, 2.05) is 6.92 Å². The van der Waals surface area contributed by atoms with Crippen LogP contribution < -0.4 is 10.6 Å². The van der Waals surface area contributed by atoms with Gasteiger partial charge >= 0.3 is 0 Å². The van der Waals surface area contributed by atoms with Gasteiger partial charge in [-0.3, -0.25) is 4.79 Å². The summed E-state index contributed by atoms with van der Waals surface area (Å²) in [6.45, 7) is 4.71. The minimum atomic E-state index is -3.08. The first kappa shape index (κ1) is 17.6. The Labute approximate surface area is 114 Å². The van der Waals surface area contributed by atoms with Crippen LogP contribution in [0.25, 0.3) is 0 Å². The van der Waals surface area contributed by atoms with Crippen molar-refractivity contribution in [1.82, 2.24) is 10.6 Å². The monoisotopic (exact) mass is 300 g/mol. The van der Waals surface area contributed by atoms with Crippen LogP contribution in [-0.2, 0) is 19.4 Å². The number of hydrogen-bond donors (Lipinski definition) is 2. The van der Waals surface area contributed by atoms with Crippen molar-refractivity contribution in [2.45, 2.75) is 32.0 Å². The van der Waals surface area contributed by atoms with Crippen LogP contribution in [0.1, 0.15) is 13.8 Å². The first-order valence-electron chi connectivity index (χ1n) is 5.62. The number of ether oxygens (including phenoxy) is 1. The molecule has 3 atom stereocenters. The number of hydrogen-bond acceptors (Lipinski definition) is 5. The molecule has 18 heavy (non-hydrogen) atoms. The summed E-state index contributed by atoms with van der Waals surface area (Å²) < 4.78 is 27.5. The molecule has 1 aliphatic rings. The molecular weight excluding hydrogens is 280 g/mol. The van der Waals surface area contributed by atoms with E-state index >= 15 is 0 Å². The van der Waals surface area contributed by atoms with Gasteiger partial charge in [-0.05, 0) is 13.8 Å². The first-order valence-corrected chi connectivity index (χ1v) is 7.69. The zero-order valence-electron chi connectivity index (χ0n) is 10.8. The lowest BCUT2D eigenvalue weighted by atomic mass is 10.1. The number of carbonyl (C=O) groups excluding carboxylic acids is 1. The summed E-state index contributed by atoms with van der Waals surface area (Å²) in [7, 11) is -3.08. The summed E-state index contributed by atoms with van der Waals surface area (Å²) in [6.07, 6.45) is 0.953. The van der Waals surface area contributed by atoms with E-state index in [0.29, 0.717) is 13.2 Å². The van der Waals surface area contributed by atoms with Crippen LogP contribution in [-0.4, -0.2) is 57.7 Å². The highest BCUT2D eigenvalue weighted by Crippen LogP contribution is 2.04. The fourth-order valence-corrected chi connectivity index (χ4v) is 2.85. The molecule has 0 aliphatic carbocycles. The lowest BCUT2D eigenvalue weighted by Crippen LogP contribution is -2.57. The van der Waals surface area contributed by atoms with E-state index in [1.165, 1.54) is 0 Å². The van der Waals surface area contributed by atoms with Crippen molar-refractivity contribution in [2.75, 3.05) is 25.2 Å². The van der Waals surface area contributed by atoms with Crippen LogP contribution in [0.4, 0.5) is 0 Å². The van der Waals surface area contributed by atoms with Crippen LogP contribution in [0.3, 0.4) is 0 Å². The maximum absolute atomic E-state index is 11.9. The maximum atomic E-state index is 11.9. The molecule has 0 aromatic carbocycles. The Morgan fingerprint density at radius 3 is 2.67 bits per heavy atom. The van der Waals surface area contributed by atoms with Gasteiger partial charge in [-0.25, -0.2) is 8.42 Å². The molecule has 6 nitrogen and oxygen atoms in total. The second-order valence-electron chi connectivity index (χ2n) is 4.51. The Bertz CT molecular complexity index is 374. The second-order valence-corrected chi connectivity index (χ2v) is 6.69. The fraction of sp³-hybridized carbons (Fsp3) is 0.900. The fourth-order valence-electron chi connectivity index (χ4n) is 1.86. The maximum Gasteiger partial charge on any atom is 0.240 e. The number of morpholine rings is 1. The van der Waals surface area contributed by atoms with Crippen LogP contribution in [0.15, 0.2) is 0 Å². The van der Waals surface area contributed by atoms with Crippen LogP contribution in [0.5, 0.6) is 0 Å². The van der Waals surface area contributed by atoms with Gasteiger partial charge in [-0.1, -0.05) is 0 Å². The summed E-state index contributed by atoms with van der Waals surface area (Å²) in [5.74, 6) is -0.269. The quantitative estimate of drug-likeness (QED) is 0.720. The van der Waals surface area contributed by atoms with Gasteiger partial charge < -0.3 is 15.4 Å². The van der Waals surface area contributed by atoms with Crippen LogP contribution >= 0.6 is 12.4 Å². The van der Waals surface area contributed by atoms with E-state index in [4.69, 9.17) is 4.74 Å². The van der Waals surface area contributed by atoms with Gasteiger partial charge in [0.25, 0.3) is 0 Å². The molecule has 108 valence electrons. The van der Waals surface area contributed by atoms with E-state index in [9.17, 15) is 13.2 Å². The van der Waals surface area contributed by atoms with Crippen molar-refractivity contribution in [3.63, 3.8) is 0 Å². The summed E-state index contributed by atoms with van der Waals surface area (Å²) in [5, 5.41) is 5.73. The molecular formula is C10H21ClN2O4S. The summed E-state index contributed by atoms with van der Waals surface area (Å²) >= 11 is 0. The van der Waals surface area contributed by atoms with Crippen molar-refractivity contribution in [1.29, 1.82) is 0 Å². The minimum absolute atomic E-state index is 0.